The predicted molar refractivity (Wildman–Crippen MR) is 82.1 cm³/mol. The average Bonchev–Trinajstić information content (AvgIpc) is 2.50. The standard InChI is InChI=1S/C17H27NO2/c1-3-18-10-8-15(9-11-18)16(12-19)13-20-17-7-5-4-6-14(17)2/h4-7,15-16,19H,3,8-13H2,1-2H3. The molecule has 1 aromatic rings. The third kappa shape index (κ3) is 3.97. The van der Waals surface area contributed by atoms with E-state index in [2.05, 4.69) is 24.8 Å². The van der Waals surface area contributed by atoms with Gasteiger partial charge in [0.2, 0.25) is 0 Å². The van der Waals surface area contributed by atoms with Crippen molar-refractivity contribution in [3.05, 3.63) is 29.8 Å². The summed E-state index contributed by atoms with van der Waals surface area (Å²) in [6.45, 7) is 8.56. The number of para-hydroxylation sites is 1. The minimum atomic E-state index is 0.225. The fourth-order valence-corrected chi connectivity index (χ4v) is 2.99. The lowest BCUT2D eigenvalue weighted by Crippen LogP contribution is -2.38. The van der Waals surface area contributed by atoms with E-state index in [0.29, 0.717) is 12.5 Å². The molecule has 0 spiro atoms. The van der Waals surface area contributed by atoms with Gasteiger partial charge in [-0.25, -0.2) is 0 Å². The van der Waals surface area contributed by atoms with E-state index < -0.39 is 0 Å². The Balaban J connectivity index is 1.85. The van der Waals surface area contributed by atoms with E-state index >= 15 is 0 Å². The molecule has 1 aliphatic heterocycles. The maximum Gasteiger partial charge on any atom is 0.122 e. The van der Waals surface area contributed by atoms with Crippen molar-refractivity contribution >= 4 is 0 Å². The number of piperidine rings is 1. The number of benzene rings is 1. The Kier molecular flexibility index (Phi) is 5.86. The summed E-state index contributed by atoms with van der Waals surface area (Å²) < 4.78 is 5.92. The predicted octanol–water partition coefficient (Wildman–Crippen LogP) is 2.71. The molecule has 1 aliphatic rings. The highest BCUT2D eigenvalue weighted by Crippen LogP contribution is 2.26. The summed E-state index contributed by atoms with van der Waals surface area (Å²) in [4.78, 5) is 2.48. The van der Waals surface area contributed by atoms with Crippen molar-refractivity contribution in [2.75, 3.05) is 32.8 Å². The van der Waals surface area contributed by atoms with E-state index in [1.54, 1.807) is 0 Å². The normalized spacial score (nSPS) is 18.9. The van der Waals surface area contributed by atoms with Gasteiger partial charge < -0.3 is 14.7 Å². The number of rotatable bonds is 6. The van der Waals surface area contributed by atoms with E-state index in [9.17, 15) is 5.11 Å². The summed E-state index contributed by atoms with van der Waals surface area (Å²) in [6.07, 6.45) is 2.35. The molecule has 1 N–H and O–H groups in total. The quantitative estimate of drug-likeness (QED) is 0.868. The van der Waals surface area contributed by atoms with Crippen LogP contribution in [0.25, 0.3) is 0 Å². The molecule has 1 aromatic carbocycles. The van der Waals surface area contributed by atoms with Crippen molar-refractivity contribution in [3.63, 3.8) is 0 Å². The molecule has 20 heavy (non-hydrogen) atoms. The molecular formula is C17H27NO2. The fourth-order valence-electron chi connectivity index (χ4n) is 2.99. The first-order valence-corrected chi connectivity index (χ1v) is 7.76. The largest absolute Gasteiger partial charge is 0.493 e. The van der Waals surface area contributed by atoms with Crippen LogP contribution in [0.5, 0.6) is 5.75 Å². The lowest BCUT2D eigenvalue weighted by atomic mass is 9.85. The molecule has 1 atom stereocenters. The fraction of sp³-hybridized carbons (Fsp3) is 0.647. The Morgan fingerprint density at radius 1 is 1.30 bits per heavy atom. The second-order valence-corrected chi connectivity index (χ2v) is 5.79. The highest BCUT2D eigenvalue weighted by Gasteiger charge is 2.26. The molecule has 1 saturated heterocycles. The third-order valence-corrected chi connectivity index (χ3v) is 4.53. The van der Waals surface area contributed by atoms with Gasteiger partial charge in [-0.2, -0.15) is 0 Å². The monoisotopic (exact) mass is 277 g/mol. The topological polar surface area (TPSA) is 32.7 Å². The molecule has 0 aliphatic carbocycles. The Morgan fingerprint density at radius 2 is 2.00 bits per heavy atom. The highest BCUT2D eigenvalue weighted by molar-refractivity contribution is 5.31. The minimum Gasteiger partial charge on any atom is -0.493 e. The number of hydrogen-bond acceptors (Lipinski definition) is 3. The lowest BCUT2D eigenvalue weighted by molar-refractivity contribution is 0.0754. The molecule has 1 unspecified atom stereocenters. The van der Waals surface area contributed by atoms with Gasteiger partial charge in [-0.15, -0.1) is 0 Å². The van der Waals surface area contributed by atoms with Gasteiger partial charge in [0, 0.05) is 12.5 Å². The van der Waals surface area contributed by atoms with E-state index in [1.165, 1.54) is 12.8 Å². The van der Waals surface area contributed by atoms with Crippen LogP contribution in [0, 0.1) is 18.8 Å². The zero-order valence-electron chi connectivity index (χ0n) is 12.7. The first kappa shape index (κ1) is 15.3. The zero-order chi connectivity index (χ0) is 14.4. The van der Waals surface area contributed by atoms with Crippen molar-refractivity contribution in [1.29, 1.82) is 0 Å². The van der Waals surface area contributed by atoms with Crippen LogP contribution in [0.15, 0.2) is 24.3 Å². The maximum absolute atomic E-state index is 9.66. The molecule has 0 aromatic heterocycles. The Hall–Kier alpha value is -1.06. The van der Waals surface area contributed by atoms with Crippen LogP contribution >= 0.6 is 0 Å². The summed E-state index contributed by atoms with van der Waals surface area (Å²) in [7, 11) is 0. The van der Waals surface area contributed by atoms with Crippen LogP contribution in [0.1, 0.15) is 25.3 Å². The summed E-state index contributed by atoms with van der Waals surface area (Å²) in [6, 6.07) is 8.08. The van der Waals surface area contributed by atoms with Crippen molar-refractivity contribution in [2.45, 2.75) is 26.7 Å². The number of aliphatic hydroxyl groups is 1. The number of aliphatic hydroxyl groups excluding tert-OH is 1. The van der Waals surface area contributed by atoms with Crippen LogP contribution in [-0.2, 0) is 0 Å². The van der Waals surface area contributed by atoms with Crippen molar-refractivity contribution < 1.29 is 9.84 Å². The Morgan fingerprint density at radius 3 is 2.60 bits per heavy atom. The minimum absolute atomic E-state index is 0.225. The SMILES string of the molecule is CCN1CCC(C(CO)COc2ccccc2C)CC1. The van der Waals surface area contributed by atoms with Crippen LogP contribution in [-0.4, -0.2) is 42.9 Å². The molecule has 0 saturated carbocycles. The van der Waals surface area contributed by atoms with Gasteiger partial charge in [0.05, 0.1) is 6.61 Å². The zero-order valence-corrected chi connectivity index (χ0v) is 12.7. The van der Waals surface area contributed by atoms with Gasteiger partial charge in [0.1, 0.15) is 5.75 Å². The first-order chi connectivity index (χ1) is 9.74. The van der Waals surface area contributed by atoms with Crippen LogP contribution in [0.2, 0.25) is 0 Å². The van der Waals surface area contributed by atoms with E-state index in [4.69, 9.17) is 4.74 Å². The summed E-state index contributed by atoms with van der Waals surface area (Å²) in [5, 5.41) is 9.66. The molecule has 3 nitrogen and oxygen atoms in total. The van der Waals surface area contributed by atoms with Crippen molar-refractivity contribution in [1.82, 2.24) is 4.90 Å². The third-order valence-electron chi connectivity index (χ3n) is 4.53. The Labute approximate surface area is 122 Å². The van der Waals surface area contributed by atoms with Gasteiger partial charge in [-0.3, -0.25) is 0 Å². The lowest BCUT2D eigenvalue weighted by Gasteiger charge is -2.34. The molecule has 0 bridgehead atoms. The van der Waals surface area contributed by atoms with Gasteiger partial charge in [-0.05, 0) is 56.9 Å². The van der Waals surface area contributed by atoms with E-state index in [0.717, 1.165) is 30.9 Å². The summed E-state index contributed by atoms with van der Waals surface area (Å²) in [5.74, 6) is 1.79. The molecular weight excluding hydrogens is 250 g/mol. The van der Waals surface area contributed by atoms with Gasteiger partial charge in [0.25, 0.3) is 0 Å². The van der Waals surface area contributed by atoms with Crippen LogP contribution in [0.3, 0.4) is 0 Å². The second-order valence-electron chi connectivity index (χ2n) is 5.79. The molecule has 3 heteroatoms. The van der Waals surface area contributed by atoms with Crippen LogP contribution in [0.4, 0.5) is 0 Å². The van der Waals surface area contributed by atoms with E-state index in [-0.39, 0.29) is 12.5 Å². The van der Waals surface area contributed by atoms with Gasteiger partial charge in [-0.1, -0.05) is 25.1 Å². The van der Waals surface area contributed by atoms with E-state index in [1.807, 2.05) is 18.2 Å². The van der Waals surface area contributed by atoms with Crippen LogP contribution < -0.4 is 4.74 Å². The molecule has 1 heterocycles. The molecule has 2 rings (SSSR count). The molecule has 112 valence electrons. The molecule has 0 radical (unpaired) electrons. The number of aryl methyl sites for hydroxylation is 1. The smallest absolute Gasteiger partial charge is 0.122 e. The molecule has 0 amide bonds. The highest BCUT2D eigenvalue weighted by atomic mass is 16.5. The maximum atomic E-state index is 9.66. The molecule has 1 fully saturated rings. The number of likely N-dealkylation sites (tertiary alicyclic amines) is 1. The number of ether oxygens (including phenoxy) is 1. The first-order valence-electron chi connectivity index (χ1n) is 7.76. The van der Waals surface area contributed by atoms with Crippen molar-refractivity contribution in [3.8, 4) is 5.75 Å². The van der Waals surface area contributed by atoms with Gasteiger partial charge in [0.15, 0.2) is 0 Å². The summed E-state index contributed by atoms with van der Waals surface area (Å²) in [5.41, 5.74) is 1.16. The summed E-state index contributed by atoms with van der Waals surface area (Å²) >= 11 is 0. The average molecular weight is 277 g/mol. The second kappa shape index (κ2) is 7.65. The van der Waals surface area contributed by atoms with Crippen molar-refractivity contribution in [2.24, 2.45) is 11.8 Å². The number of nitrogens with zero attached hydrogens (tertiary/aromatic N) is 1. The number of hydrogen-bond donors (Lipinski definition) is 1. The Bertz CT molecular complexity index is 400. The van der Waals surface area contributed by atoms with Gasteiger partial charge >= 0.3 is 0 Å².